The molecule has 0 saturated heterocycles. The van der Waals surface area contributed by atoms with Crippen LogP contribution in [0.5, 0.6) is 5.75 Å². The summed E-state index contributed by atoms with van der Waals surface area (Å²) >= 11 is 0. The van der Waals surface area contributed by atoms with Crippen LogP contribution < -0.4 is 10.1 Å². The lowest BCUT2D eigenvalue weighted by molar-refractivity contribution is -0.137. The van der Waals surface area contributed by atoms with Crippen LogP contribution in [-0.2, 0) is 6.18 Å². The number of rotatable bonds is 7. The summed E-state index contributed by atoms with van der Waals surface area (Å²) in [4.78, 5) is 7.57. The summed E-state index contributed by atoms with van der Waals surface area (Å²) in [6.07, 6.45) is -8.50. The van der Waals surface area contributed by atoms with Crippen LogP contribution in [0.4, 0.5) is 27.8 Å². The van der Waals surface area contributed by atoms with E-state index in [2.05, 4.69) is 15.3 Å². The topological polar surface area (TPSA) is 67.3 Å². The van der Waals surface area contributed by atoms with Crippen molar-refractivity contribution in [1.82, 2.24) is 9.97 Å². The standard InChI is InChI=1S/C19H16F5N3O2/c20-16(21)18-26-15-7-2-1-6-14(15)17(27-18)25-9-12(28)10-29-13-5-3-4-11(8-13)19(22,23)24/h1-8,12,16,28H,9-10H2,(H,25,26,27). The number of nitrogens with one attached hydrogen (secondary N) is 1. The molecule has 0 bridgehead atoms. The smallest absolute Gasteiger partial charge is 0.416 e. The third-order valence-electron chi connectivity index (χ3n) is 3.92. The van der Waals surface area contributed by atoms with Gasteiger partial charge in [0.1, 0.15) is 24.3 Å². The molecule has 5 nitrogen and oxygen atoms in total. The normalized spacial score (nSPS) is 12.9. The molecule has 0 saturated carbocycles. The van der Waals surface area contributed by atoms with Crippen molar-refractivity contribution in [3.8, 4) is 5.75 Å². The van der Waals surface area contributed by atoms with E-state index < -0.39 is 30.1 Å². The Morgan fingerprint density at radius 1 is 1.03 bits per heavy atom. The molecule has 0 fully saturated rings. The molecular formula is C19H16F5N3O2. The van der Waals surface area contributed by atoms with Crippen LogP contribution in [0.2, 0.25) is 0 Å². The van der Waals surface area contributed by atoms with Crippen molar-refractivity contribution in [1.29, 1.82) is 0 Å². The van der Waals surface area contributed by atoms with Gasteiger partial charge < -0.3 is 15.2 Å². The molecule has 1 aromatic heterocycles. The van der Waals surface area contributed by atoms with Gasteiger partial charge in [0.2, 0.25) is 0 Å². The van der Waals surface area contributed by atoms with Gasteiger partial charge in [-0.2, -0.15) is 13.2 Å². The number of anilines is 1. The minimum atomic E-state index is -4.50. The summed E-state index contributed by atoms with van der Waals surface area (Å²) < 4.78 is 69.3. The van der Waals surface area contributed by atoms with Crippen LogP contribution in [0.3, 0.4) is 0 Å². The Bertz CT molecular complexity index is 981. The monoisotopic (exact) mass is 413 g/mol. The number of aliphatic hydroxyl groups excluding tert-OH is 1. The largest absolute Gasteiger partial charge is 0.491 e. The molecule has 3 rings (SSSR count). The number of ether oxygens (including phenoxy) is 1. The summed E-state index contributed by atoms with van der Waals surface area (Å²) in [5.74, 6) is -0.587. The molecule has 2 aromatic carbocycles. The molecule has 29 heavy (non-hydrogen) atoms. The Labute approximate surface area is 162 Å². The molecule has 3 aromatic rings. The maximum absolute atomic E-state index is 13.0. The highest BCUT2D eigenvalue weighted by molar-refractivity contribution is 5.89. The number of aliphatic hydroxyl groups is 1. The van der Waals surface area contributed by atoms with Crippen molar-refractivity contribution in [2.45, 2.75) is 18.7 Å². The quantitative estimate of drug-likeness (QED) is 0.561. The predicted molar refractivity (Wildman–Crippen MR) is 95.9 cm³/mol. The molecule has 10 heteroatoms. The van der Waals surface area contributed by atoms with Crippen molar-refractivity contribution in [3.05, 3.63) is 59.9 Å². The molecule has 0 spiro atoms. The summed E-state index contributed by atoms with van der Waals surface area (Å²) in [6.45, 7) is -0.429. The number of aromatic nitrogens is 2. The molecule has 154 valence electrons. The zero-order valence-electron chi connectivity index (χ0n) is 14.8. The lowest BCUT2D eigenvalue weighted by Crippen LogP contribution is -2.27. The van der Waals surface area contributed by atoms with E-state index in [4.69, 9.17) is 4.74 Å². The average molecular weight is 413 g/mol. The van der Waals surface area contributed by atoms with E-state index in [-0.39, 0.29) is 24.7 Å². The van der Waals surface area contributed by atoms with E-state index in [1.165, 1.54) is 12.1 Å². The number of halogens is 5. The second-order valence-corrected chi connectivity index (χ2v) is 6.12. The summed E-state index contributed by atoms with van der Waals surface area (Å²) in [5, 5.41) is 13.3. The van der Waals surface area contributed by atoms with Gasteiger partial charge in [-0.25, -0.2) is 18.7 Å². The highest BCUT2D eigenvalue weighted by Crippen LogP contribution is 2.31. The summed E-state index contributed by atoms with van der Waals surface area (Å²) in [7, 11) is 0. The number of para-hydroxylation sites is 1. The van der Waals surface area contributed by atoms with E-state index >= 15 is 0 Å². The molecule has 1 heterocycles. The fourth-order valence-electron chi connectivity index (χ4n) is 2.55. The SMILES string of the molecule is OC(CNc1nc(C(F)F)nc2ccccc12)COc1cccc(C(F)(F)F)c1. The van der Waals surface area contributed by atoms with Gasteiger partial charge in [0, 0.05) is 11.9 Å². The first kappa shape index (κ1) is 20.7. The summed E-state index contributed by atoms with van der Waals surface area (Å²) in [5.41, 5.74) is -0.551. The number of hydrogen-bond acceptors (Lipinski definition) is 5. The van der Waals surface area contributed by atoms with Crippen molar-refractivity contribution in [2.75, 3.05) is 18.5 Å². The number of fused-ring (bicyclic) bond motifs is 1. The van der Waals surface area contributed by atoms with Gasteiger partial charge in [0.05, 0.1) is 11.1 Å². The second kappa shape index (κ2) is 8.56. The maximum atomic E-state index is 13.0. The van der Waals surface area contributed by atoms with Crippen LogP contribution in [0.25, 0.3) is 10.9 Å². The van der Waals surface area contributed by atoms with Crippen molar-refractivity contribution < 1.29 is 31.8 Å². The number of nitrogens with zero attached hydrogens (tertiary/aromatic N) is 2. The predicted octanol–water partition coefficient (Wildman–Crippen LogP) is 4.44. The van der Waals surface area contributed by atoms with Crippen molar-refractivity contribution in [2.24, 2.45) is 0 Å². The minimum Gasteiger partial charge on any atom is -0.491 e. The Hall–Kier alpha value is -3.01. The molecule has 1 atom stereocenters. The molecule has 0 amide bonds. The van der Waals surface area contributed by atoms with Gasteiger partial charge in [-0.05, 0) is 30.3 Å². The van der Waals surface area contributed by atoms with E-state index in [1.54, 1.807) is 24.3 Å². The molecule has 0 radical (unpaired) electrons. The zero-order valence-corrected chi connectivity index (χ0v) is 14.8. The highest BCUT2D eigenvalue weighted by atomic mass is 19.4. The van der Waals surface area contributed by atoms with Gasteiger partial charge in [0.25, 0.3) is 6.43 Å². The third kappa shape index (κ3) is 5.29. The fourth-order valence-corrected chi connectivity index (χ4v) is 2.55. The van der Waals surface area contributed by atoms with Gasteiger partial charge in [-0.3, -0.25) is 0 Å². The Kier molecular flexibility index (Phi) is 6.12. The first-order valence-electron chi connectivity index (χ1n) is 8.51. The van der Waals surface area contributed by atoms with Gasteiger partial charge in [-0.15, -0.1) is 0 Å². The van der Waals surface area contributed by atoms with Crippen LogP contribution in [0, 0.1) is 0 Å². The number of hydrogen-bond donors (Lipinski definition) is 2. The molecule has 0 aliphatic carbocycles. The first-order valence-corrected chi connectivity index (χ1v) is 8.51. The average Bonchev–Trinajstić information content (AvgIpc) is 2.69. The molecular weight excluding hydrogens is 397 g/mol. The lowest BCUT2D eigenvalue weighted by Gasteiger charge is -2.16. The van der Waals surface area contributed by atoms with Crippen molar-refractivity contribution >= 4 is 16.7 Å². The number of benzene rings is 2. The van der Waals surface area contributed by atoms with Gasteiger partial charge in [0.15, 0.2) is 5.82 Å². The first-order chi connectivity index (χ1) is 13.7. The fraction of sp³-hybridized carbons (Fsp3) is 0.263. The zero-order chi connectivity index (χ0) is 21.0. The van der Waals surface area contributed by atoms with Crippen LogP contribution >= 0.6 is 0 Å². The van der Waals surface area contributed by atoms with Crippen LogP contribution in [0.1, 0.15) is 17.8 Å². The Morgan fingerprint density at radius 3 is 2.52 bits per heavy atom. The Balaban J connectivity index is 1.65. The molecule has 0 aliphatic rings. The van der Waals surface area contributed by atoms with E-state index in [0.29, 0.717) is 10.9 Å². The molecule has 1 unspecified atom stereocenters. The highest BCUT2D eigenvalue weighted by Gasteiger charge is 2.30. The lowest BCUT2D eigenvalue weighted by atomic mass is 10.2. The third-order valence-corrected chi connectivity index (χ3v) is 3.92. The van der Waals surface area contributed by atoms with Gasteiger partial charge in [-0.1, -0.05) is 18.2 Å². The second-order valence-electron chi connectivity index (χ2n) is 6.12. The number of alkyl halides is 5. The van der Waals surface area contributed by atoms with Crippen molar-refractivity contribution in [3.63, 3.8) is 0 Å². The molecule has 0 aliphatic heterocycles. The van der Waals surface area contributed by atoms with Crippen LogP contribution in [0.15, 0.2) is 48.5 Å². The molecule has 2 N–H and O–H groups in total. The van der Waals surface area contributed by atoms with E-state index in [0.717, 1.165) is 12.1 Å². The Morgan fingerprint density at radius 2 is 1.79 bits per heavy atom. The van der Waals surface area contributed by atoms with E-state index in [1.807, 2.05) is 0 Å². The van der Waals surface area contributed by atoms with E-state index in [9.17, 15) is 27.1 Å². The van der Waals surface area contributed by atoms with Gasteiger partial charge >= 0.3 is 6.18 Å². The maximum Gasteiger partial charge on any atom is 0.416 e. The van der Waals surface area contributed by atoms with Crippen LogP contribution in [-0.4, -0.2) is 34.3 Å². The minimum absolute atomic E-state index is 0.0497. The summed E-state index contributed by atoms with van der Waals surface area (Å²) in [6, 6.07) is 10.8.